The fourth-order valence-corrected chi connectivity index (χ4v) is 6.82. The van der Waals surface area contributed by atoms with E-state index in [1.165, 1.54) is 5.56 Å². The van der Waals surface area contributed by atoms with Crippen molar-refractivity contribution in [1.82, 2.24) is 15.5 Å². The van der Waals surface area contributed by atoms with Gasteiger partial charge < -0.3 is 25.0 Å². The van der Waals surface area contributed by atoms with E-state index in [9.17, 15) is 13.2 Å². The molecule has 8 nitrogen and oxygen atoms in total. The minimum atomic E-state index is -3.89. The molecule has 0 bridgehead atoms. The number of ether oxygens (including phenoxy) is 2. The maximum atomic E-state index is 13.8. The molecule has 0 spiro atoms. The lowest BCUT2D eigenvalue weighted by Gasteiger charge is -2.31. The molecule has 2 aromatic carbocycles. The Balaban J connectivity index is 1.71. The first kappa shape index (κ1) is 28.1. The van der Waals surface area contributed by atoms with Gasteiger partial charge in [0.15, 0.2) is 5.44 Å². The molecule has 0 radical (unpaired) electrons. The van der Waals surface area contributed by atoms with Crippen molar-refractivity contribution in [2.24, 2.45) is 0 Å². The predicted octanol–water partition coefficient (Wildman–Crippen LogP) is 2.95. The molecule has 1 saturated heterocycles. The number of hydrogen-bond acceptors (Lipinski definition) is 7. The highest BCUT2D eigenvalue weighted by Crippen LogP contribution is 2.31. The second-order valence-electron chi connectivity index (χ2n) is 9.70. The number of methoxy groups -OCH3 is 1. The third-order valence-corrected chi connectivity index (χ3v) is 8.62. The van der Waals surface area contributed by atoms with Crippen LogP contribution in [0.3, 0.4) is 0 Å². The molecule has 1 aliphatic rings. The Bertz CT molecular complexity index is 1100. The molecule has 0 aliphatic carbocycles. The number of nitrogens with zero attached hydrogens (tertiary/aromatic N) is 1. The summed E-state index contributed by atoms with van der Waals surface area (Å²) >= 11 is 0. The second-order valence-corrected chi connectivity index (χ2v) is 11.7. The van der Waals surface area contributed by atoms with E-state index >= 15 is 0 Å². The van der Waals surface area contributed by atoms with Crippen molar-refractivity contribution >= 4 is 15.7 Å². The number of nitrogens with one attached hydrogen (secondary N) is 2. The van der Waals surface area contributed by atoms with E-state index in [1.54, 1.807) is 33.1 Å². The number of carbonyl (C=O) groups excluding carboxylic acids is 1. The highest BCUT2D eigenvalue weighted by molar-refractivity contribution is 7.92. The van der Waals surface area contributed by atoms with Gasteiger partial charge in [0, 0.05) is 19.1 Å². The minimum Gasteiger partial charge on any atom is -0.497 e. The summed E-state index contributed by atoms with van der Waals surface area (Å²) in [6, 6.07) is 11.1. The Morgan fingerprint density at radius 1 is 1.11 bits per heavy atom. The van der Waals surface area contributed by atoms with Crippen LogP contribution in [-0.2, 0) is 32.5 Å². The van der Waals surface area contributed by atoms with Gasteiger partial charge in [-0.1, -0.05) is 30.7 Å². The normalized spacial score (nSPS) is 17.1. The molecule has 2 atom stereocenters. The van der Waals surface area contributed by atoms with Gasteiger partial charge in [-0.2, -0.15) is 0 Å². The Morgan fingerprint density at radius 3 is 2.31 bits per heavy atom. The molecular weight excluding hydrogens is 478 g/mol. The molecule has 1 heterocycles. The van der Waals surface area contributed by atoms with E-state index in [1.807, 2.05) is 38.4 Å². The molecule has 0 aromatic heterocycles. The second kappa shape index (κ2) is 12.7. The van der Waals surface area contributed by atoms with Crippen molar-refractivity contribution in [3.63, 3.8) is 0 Å². The van der Waals surface area contributed by atoms with Crippen molar-refractivity contribution in [3.05, 3.63) is 58.7 Å². The number of sulfone groups is 1. The number of hydrogen-bond donors (Lipinski definition) is 2. The van der Waals surface area contributed by atoms with Crippen molar-refractivity contribution < 1.29 is 22.7 Å². The van der Waals surface area contributed by atoms with Gasteiger partial charge in [-0.3, -0.25) is 4.79 Å². The van der Waals surface area contributed by atoms with Crippen LogP contribution in [0.4, 0.5) is 0 Å². The molecular formula is C27H39N3O5S. The SMILES string of the molecule is COc1cc(C)c(S(=O)(=O)C(OCC(=O)NCc2ccc(CN(C)C)cc2)C2CCCCN2)c(C)c1. The van der Waals surface area contributed by atoms with Crippen LogP contribution < -0.4 is 15.4 Å². The van der Waals surface area contributed by atoms with E-state index in [0.29, 0.717) is 29.8 Å². The zero-order chi connectivity index (χ0) is 26.3. The molecule has 198 valence electrons. The number of carbonyl (C=O) groups is 1. The largest absolute Gasteiger partial charge is 0.497 e. The first-order chi connectivity index (χ1) is 17.1. The molecule has 36 heavy (non-hydrogen) atoms. The van der Waals surface area contributed by atoms with Crippen LogP contribution in [0.1, 0.15) is 41.5 Å². The number of rotatable bonds is 11. The fourth-order valence-electron chi connectivity index (χ4n) is 4.66. The van der Waals surface area contributed by atoms with Crippen LogP contribution in [0.15, 0.2) is 41.3 Å². The summed E-state index contributed by atoms with van der Waals surface area (Å²) in [6.07, 6.45) is 2.56. The van der Waals surface area contributed by atoms with Gasteiger partial charge in [-0.25, -0.2) is 8.42 Å². The third-order valence-electron chi connectivity index (χ3n) is 6.33. The van der Waals surface area contributed by atoms with E-state index in [-0.39, 0.29) is 23.5 Å². The zero-order valence-electron chi connectivity index (χ0n) is 22.0. The average molecular weight is 518 g/mol. The summed E-state index contributed by atoms with van der Waals surface area (Å²) in [4.78, 5) is 14.9. The molecule has 0 saturated carbocycles. The predicted molar refractivity (Wildman–Crippen MR) is 141 cm³/mol. The van der Waals surface area contributed by atoms with Crippen LogP contribution >= 0.6 is 0 Å². The number of amides is 1. The standard InChI is InChI=1S/C27H39N3O5S/c1-19-14-23(34-5)15-20(2)26(19)36(32,33)27(24-8-6-7-13-28-24)35-18-25(31)29-16-21-9-11-22(12-10-21)17-30(3)4/h9-12,14-15,24,27-28H,6-8,13,16-18H2,1-5H3,(H,29,31). The number of piperidine rings is 1. The van der Waals surface area contributed by atoms with Gasteiger partial charge in [-0.15, -0.1) is 0 Å². The smallest absolute Gasteiger partial charge is 0.246 e. The molecule has 1 fully saturated rings. The molecule has 2 N–H and O–H groups in total. The van der Waals surface area contributed by atoms with Crippen molar-refractivity contribution in [2.45, 2.75) is 62.6 Å². The highest BCUT2D eigenvalue weighted by atomic mass is 32.2. The van der Waals surface area contributed by atoms with Crippen LogP contribution in [0.25, 0.3) is 0 Å². The van der Waals surface area contributed by atoms with Crippen LogP contribution in [0.2, 0.25) is 0 Å². The van der Waals surface area contributed by atoms with Gasteiger partial charge >= 0.3 is 0 Å². The summed E-state index contributed by atoms with van der Waals surface area (Å²) < 4.78 is 38.8. The molecule has 2 aromatic rings. The summed E-state index contributed by atoms with van der Waals surface area (Å²) in [7, 11) is 1.69. The minimum absolute atomic E-state index is 0.235. The van der Waals surface area contributed by atoms with E-state index in [2.05, 4.69) is 15.5 Å². The van der Waals surface area contributed by atoms with Gasteiger partial charge in [0.05, 0.1) is 12.0 Å². The molecule has 2 unspecified atom stereocenters. The molecule has 1 amide bonds. The summed E-state index contributed by atoms with van der Waals surface area (Å²) in [5.41, 5.74) is 2.18. The topological polar surface area (TPSA) is 97.0 Å². The van der Waals surface area contributed by atoms with Crippen molar-refractivity contribution in [1.29, 1.82) is 0 Å². The average Bonchev–Trinajstić information content (AvgIpc) is 2.83. The first-order valence-corrected chi connectivity index (χ1v) is 13.9. The van der Waals surface area contributed by atoms with Crippen LogP contribution in [-0.4, -0.2) is 65.1 Å². The van der Waals surface area contributed by atoms with Gasteiger partial charge in [-0.05, 0) is 81.7 Å². The Morgan fingerprint density at radius 2 is 1.75 bits per heavy atom. The van der Waals surface area contributed by atoms with Crippen LogP contribution in [0.5, 0.6) is 5.75 Å². The van der Waals surface area contributed by atoms with Gasteiger partial charge in [0.25, 0.3) is 0 Å². The lowest BCUT2D eigenvalue weighted by molar-refractivity contribution is -0.126. The maximum Gasteiger partial charge on any atom is 0.246 e. The Hall–Kier alpha value is -2.46. The van der Waals surface area contributed by atoms with E-state index in [0.717, 1.165) is 31.5 Å². The summed E-state index contributed by atoms with van der Waals surface area (Å²) in [6.45, 7) is 5.08. The lowest BCUT2D eigenvalue weighted by Crippen LogP contribution is -2.49. The summed E-state index contributed by atoms with van der Waals surface area (Å²) in [5, 5.41) is 6.13. The first-order valence-electron chi connectivity index (χ1n) is 12.3. The highest BCUT2D eigenvalue weighted by Gasteiger charge is 2.38. The van der Waals surface area contributed by atoms with Crippen molar-refractivity contribution in [2.75, 3.05) is 34.4 Å². The number of aryl methyl sites for hydroxylation is 2. The van der Waals surface area contributed by atoms with Gasteiger partial charge in [0.2, 0.25) is 15.7 Å². The van der Waals surface area contributed by atoms with E-state index < -0.39 is 15.3 Å². The quantitative estimate of drug-likeness (QED) is 0.473. The molecule has 9 heteroatoms. The zero-order valence-corrected chi connectivity index (χ0v) is 22.8. The van der Waals surface area contributed by atoms with E-state index in [4.69, 9.17) is 9.47 Å². The fraction of sp³-hybridized carbons (Fsp3) is 0.519. The molecule has 3 rings (SSSR count). The van der Waals surface area contributed by atoms with Crippen molar-refractivity contribution in [3.8, 4) is 5.75 Å². The Labute approximate surface area is 215 Å². The number of benzene rings is 2. The third kappa shape index (κ3) is 7.29. The lowest BCUT2D eigenvalue weighted by atomic mass is 10.1. The maximum absolute atomic E-state index is 13.8. The van der Waals surface area contributed by atoms with Crippen LogP contribution in [0, 0.1) is 13.8 Å². The van der Waals surface area contributed by atoms with Gasteiger partial charge in [0.1, 0.15) is 12.4 Å². The summed E-state index contributed by atoms with van der Waals surface area (Å²) in [5.74, 6) is 0.248. The Kier molecular flexibility index (Phi) is 9.90. The monoisotopic (exact) mass is 517 g/mol. The molecule has 1 aliphatic heterocycles.